The van der Waals surface area contributed by atoms with Crippen molar-refractivity contribution in [2.45, 2.75) is 11.1 Å². The molecule has 0 aliphatic rings. The van der Waals surface area contributed by atoms with E-state index < -0.39 is 21.8 Å². The van der Waals surface area contributed by atoms with Crippen molar-refractivity contribution in [2.75, 3.05) is 0 Å². The predicted octanol–water partition coefficient (Wildman–Crippen LogP) is 2.54. The molecule has 2 aromatic rings. The Balaban J connectivity index is 2.23. The standard InChI is InChI=1S/C12H9F3N2O3S/c13-12(14,15)8-2-1-3-9(6-8)20-11-5-4-10(7-17-11)21(16,18)19/h1-7H,(H2,16,18,19). The topological polar surface area (TPSA) is 82.3 Å². The number of nitrogens with zero attached hydrogens (tertiary/aromatic N) is 1. The molecule has 0 radical (unpaired) electrons. The maximum absolute atomic E-state index is 12.5. The summed E-state index contributed by atoms with van der Waals surface area (Å²) in [5.74, 6) is -0.123. The summed E-state index contributed by atoms with van der Waals surface area (Å²) in [5, 5.41) is 4.89. The first-order valence-corrected chi connectivity index (χ1v) is 7.05. The highest BCUT2D eigenvalue weighted by molar-refractivity contribution is 7.89. The summed E-state index contributed by atoms with van der Waals surface area (Å²) in [7, 11) is -3.89. The Morgan fingerprint density at radius 3 is 2.38 bits per heavy atom. The highest BCUT2D eigenvalue weighted by atomic mass is 32.2. The van der Waals surface area contributed by atoms with Crippen molar-refractivity contribution < 1.29 is 26.3 Å². The lowest BCUT2D eigenvalue weighted by Gasteiger charge is -2.09. The van der Waals surface area contributed by atoms with E-state index in [0.29, 0.717) is 0 Å². The molecule has 0 bridgehead atoms. The first kappa shape index (κ1) is 15.3. The molecule has 2 N–H and O–H groups in total. The molecule has 9 heteroatoms. The van der Waals surface area contributed by atoms with Gasteiger partial charge in [-0.15, -0.1) is 0 Å². The third-order valence-corrected chi connectivity index (χ3v) is 3.32. The summed E-state index contributed by atoms with van der Waals surface area (Å²) in [6.45, 7) is 0. The largest absolute Gasteiger partial charge is 0.439 e. The lowest BCUT2D eigenvalue weighted by atomic mass is 10.2. The van der Waals surface area contributed by atoms with Gasteiger partial charge in [0.15, 0.2) is 0 Å². The van der Waals surface area contributed by atoms with E-state index in [1.807, 2.05) is 0 Å². The van der Waals surface area contributed by atoms with E-state index in [-0.39, 0.29) is 16.5 Å². The van der Waals surface area contributed by atoms with Gasteiger partial charge in [0.05, 0.1) is 11.8 Å². The molecule has 0 unspecified atom stereocenters. The fourth-order valence-corrected chi connectivity index (χ4v) is 1.91. The lowest BCUT2D eigenvalue weighted by molar-refractivity contribution is -0.137. The Morgan fingerprint density at radius 2 is 1.86 bits per heavy atom. The zero-order valence-electron chi connectivity index (χ0n) is 10.3. The molecular formula is C12H9F3N2O3S. The maximum atomic E-state index is 12.5. The quantitative estimate of drug-likeness (QED) is 0.943. The van der Waals surface area contributed by atoms with Gasteiger partial charge >= 0.3 is 6.18 Å². The molecule has 0 fully saturated rings. The van der Waals surface area contributed by atoms with Crippen LogP contribution in [0, 0.1) is 0 Å². The number of sulfonamides is 1. The molecule has 0 saturated heterocycles. The van der Waals surface area contributed by atoms with Crippen molar-refractivity contribution in [3.8, 4) is 11.6 Å². The molecule has 0 amide bonds. The van der Waals surface area contributed by atoms with Crippen LogP contribution in [0.4, 0.5) is 13.2 Å². The van der Waals surface area contributed by atoms with Crippen LogP contribution < -0.4 is 9.88 Å². The number of nitrogens with two attached hydrogens (primary N) is 1. The van der Waals surface area contributed by atoms with Gasteiger partial charge in [-0.2, -0.15) is 13.2 Å². The second-order valence-electron chi connectivity index (χ2n) is 4.00. The molecule has 0 spiro atoms. The third kappa shape index (κ3) is 3.92. The molecule has 0 atom stereocenters. The van der Waals surface area contributed by atoms with E-state index in [0.717, 1.165) is 24.4 Å². The minimum atomic E-state index is -4.48. The van der Waals surface area contributed by atoms with E-state index in [1.54, 1.807) is 0 Å². The fraction of sp³-hybridized carbons (Fsp3) is 0.0833. The normalized spacial score (nSPS) is 12.2. The maximum Gasteiger partial charge on any atom is 0.416 e. The van der Waals surface area contributed by atoms with Gasteiger partial charge in [-0.05, 0) is 24.3 Å². The molecule has 1 aromatic carbocycles. The first-order valence-electron chi connectivity index (χ1n) is 5.50. The second kappa shape index (κ2) is 5.34. The monoisotopic (exact) mass is 318 g/mol. The summed E-state index contributed by atoms with van der Waals surface area (Å²) < 4.78 is 64.8. The average molecular weight is 318 g/mol. The number of hydrogen-bond acceptors (Lipinski definition) is 4. The number of ether oxygens (including phenoxy) is 1. The Bertz CT molecular complexity index is 743. The first-order chi connectivity index (χ1) is 9.66. The molecule has 5 nitrogen and oxygen atoms in total. The highest BCUT2D eigenvalue weighted by Gasteiger charge is 2.30. The van der Waals surface area contributed by atoms with Crippen LogP contribution in [0.1, 0.15) is 5.56 Å². The highest BCUT2D eigenvalue weighted by Crippen LogP contribution is 2.32. The van der Waals surface area contributed by atoms with Crippen molar-refractivity contribution in [1.82, 2.24) is 4.98 Å². The Labute approximate surface area is 118 Å². The summed E-state index contributed by atoms with van der Waals surface area (Å²) in [4.78, 5) is 3.45. The van der Waals surface area contributed by atoms with Crippen LogP contribution >= 0.6 is 0 Å². The molecule has 112 valence electrons. The van der Waals surface area contributed by atoms with Gasteiger partial charge in [-0.3, -0.25) is 0 Å². The Hall–Kier alpha value is -2.13. The summed E-state index contributed by atoms with van der Waals surface area (Å²) >= 11 is 0. The number of pyridine rings is 1. The molecular weight excluding hydrogens is 309 g/mol. The van der Waals surface area contributed by atoms with Crippen molar-refractivity contribution in [2.24, 2.45) is 5.14 Å². The van der Waals surface area contributed by atoms with E-state index in [9.17, 15) is 21.6 Å². The van der Waals surface area contributed by atoms with E-state index in [4.69, 9.17) is 9.88 Å². The molecule has 0 aliphatic heterocycles. The summed E-state index contributed by atoms with van der Waals surface area (Å²) in [5.41, 5.74) is -0.860. The van der Waals surface area contributed by atoms with E-state index in [2.05, 4.69) is 4.98 Å². The van der Waals surface area contributed by atoms with Gasteiger partial charge in [0.2, 0.25) is 15.9 Å². The minimum Gasteiger partial charge on any atom is -0.439 e. The zero-order valence-corrected chi connectivity index (χ0v) is 11.1. The van der Waals surface area contributed by atoms with Crippen LogP contribution in [0.15, 0.2) is 47.5 Å². The van der Waals surface area contributed by atoms with Crippen LogP contribution in [-0.4, -0.2) is 13.4 Å². The number of halogens is 3. The van der Waals surface area contributed by atoms with Gasteiger partial charge in [-0.1, -0.05) is 6.07 Å². The van der Waals surface area contributed by atoms with Crippen molar-refractivity contribution >= 4 is 10.0 Å². The summed E-state index contributed by atoms with van der Waals surface area (Å²) in [6.07, 6.45) is -3.53. The zero-order chi connectivity index (χ0) is 15.7. The average Bonchev–Trinajstić information content (AvgIpc) is 2.37. The number of benzene rings is 1. The number of rotatable bonds is 3. The SMILES string of the molecule is NS(=O)(=O)c1ccc(Oc2cccc(C(F)(F)F)c2)nc1. The number of hydrogen-bond donors (Lipinski definition) is 1. The van der Waals surface area contributed by atoms with Crippen molar-refractivity contribution in [3.05, 3.63) is 48.2 Å². The van der Waals surface area contributed by atoms with Gasteiger partial charge in [0.25, 0.3) is 0 Å². The van der Waals surface area contributed by atoms with Crippen LogP contribution in [-0.2, 0) is 16.2 Å². The van der Waals surface area contributed by atoms with Gasteiger partial charge in [-0.25, -0.2) is 18.5 Å². The minimum absolute atomic E-state index is 0.0540. The molecule has 21 heavy (non-hydrogen) atoms. The fourth-order valence-electron chi connectivity index (χ4n) is 1.45. The van der Waals surface area contributed by atoms with Crippen LogP contribution in [0.2, 0.25) is 0 Å². The van der Waals surface area contributed by atoms with E-state index in [1.165, 1.54) is 18.2 Å². The number of alkyl halides is 3. The van der Waals surface area contributed by atoms with Gasteiger partial charge in [0.1, 0.15) is 10.6 Å². The molecule has 2 rings (SSSR count). The smallest absolute Gasteiger partial charge is 0.416 e. The Kier molecular flexibility index (Phi) is 3.88. The summed E-state index contributed by atoms with van der Waals surface area (Å²) in [6, 6.07) is 6.58. The van der Waals surface area contributed by atoms with E-state index >= 15 is 0 Å². The van der Waals surface area contributed by atoms with Gasteiger partial charge in [0, 0.05) is 6.07 Å². The number of primary sulfonamides is 1. The molecule has 1 aromatic heterocycles. The molecule has 1 heterocycles. The van der Waals surface area contributed by atoms with Crippen molar-refractivity contribution in [1.29, 1.82) is 0 Å². The van der Waals surface area contributed by atoms with Crippen LogP contribution in [0.3, 0.4) is 0 Å². The van der Waals surface area contributed by atoms with Crippen LogP contribution in [0.25, 0.3) is 0 Å². The Morgan fingerprint density at radius 1 is 1.14 bits per heavy atom. The van der Waals surface area contributed by atoms with Crippen molar-refractivity contribution in [3.63, 3.8) is 0 Å². The second-order valence-corrected chi connectivity index (χ2v) is 5.57. The molecule has 0 aliphatic carbocycles. The van der Waals surface area contributed by atoms with Crippen LogP contribution in [0.5, 0.6) is 11.6 Å². The third-order valence-electron chi connectivity index (χ3n) is 2.42. The van der Waals surface area contributed by atoms with Gasteiger partial charge < -0.3 is 4.74 Å². The molecule has 0 saturated carbocycles. The number of aromatic nitrogens is 1. The predicted molar refractivity (Wildman–Crippen MR) is 67.1 cm³/mol. The lowest BCUT2D eigenvalue weighted by Crippen LogP contribution is -2.12.